The van der Waals surface area contributed by atoms with Gasteiger partial charge >= 0.3 is 0 Å². The van der Waals surface area contributed by atoms with Crippen LogP contribution in [0, 0.1) is 0 Å². The molecule has 7 nitrogen and oxygen atoms in total. The highest BCUT2D eigenvalue weighted by molar-refractivity contribution is 4.98. The molecular formula is C8H18O7. The number of aliphatic hydroxyl groups excluding tert-OH is 7. The molecule has 0 heterocycles. The molecule has 7 N–H and O–H groups in total. The van der Waals surface area contributed by atoms with Gasteiger partial charge in [0.25, 0.3) is 0 Å². The quantitative estimate of drug-likeness (QED) is 0.224. The van der Waals surface area contributed by atoms with Gasteiger partial charge in [-0.15, -0.1) is 0 Å². The Morgan fingerprint density at radius 1 is 0.600 bits per heavy atom. The summed E-state index contributed by atoms with van der Waals surface area (Å²) in [5.41, 5.74) is 0. The second kappa shape index (κ2) is 6.33. The highest BCUT2D eigenvalue weighted by atomic mass is 16.4. The highest BCUT2D eigenvalue weighted by Gasteiger charge is 2.47. The minimum atomic E-state index is -1.64. The minimum absolute atomic E-state index is 0.250. The summed E-state index contributed by atoms with van der Waals surface area (Å²) < 4.78 is 0. The average Bonchev–Trinajstić information content (AvgIpc) is 2.22. The lowest BCUT2D eigenvalue weighted by Crippen LogP contribution is -2.63. The van der Waals surface area contributed by atoms with E-state index in [1.54, 1.807) is 6.92 Å². The molecule has 1 rings (SSSR count). The van der Waals surface area contributed by atoms with E-state index >= 15 is 0 Å². The smallest absolute Gasteiger partial charge is 0.111 e. The maximum absolute atomic E-state index is 8.97. The number of hydrogen-bond acceptors (Lipinski definition) is 7. The molecule has 0 radical (unpaired) electrons. The van der Waals surface area contributed by atoms with Gasteiger partial charge in [0.05, 0.1) is 0 Å². The molecule has 0 unspecified atom stereocenters. The zero-order valence-electron chi connectivity index (χ0n) is 8.30. The van der Waals surface area contributed by atoms with Gasteiger partial charge in [-0.2, -0.15) is 0 Å². The Labute approximate surface area is 86.9 Å². The van der Waals surface area contributed by atoms with Crippen LogP contribution in [0.25, 0.3) is 0 Å². The summed E-state index contributed by atoms with van der Waals surface area (Å²) in [5, 5.41) is 61.4. The van der Waals surface area contributed by atoms with Crippen LogP contribution in [0.3, 0.4) is 0 Å². The maximum atomic E-state index is 8.97. The maximum Gasteiger partial charge on any atom is 0.111 e. The molecule has 0 aromatic heterocycles. The Balaban J connectivity index is 0.000000583. The second-order valence-electron chi connectivity index (χ2n) is 3.26. The third kappa shape index (κ3) is 3.35. The summed E-state index contributed by atoms with van der Waals surface area (Å²) in [6, 6.07) is 0. The van der Waals surface area contributed by atoms with Crippen LogP contribution in [0.2, 0.25) is 0 Å². The van der Waals surface area contributed by atoms with E-state index < -0.39 is 36.6 Å². The summed E-state index contributed by atoms with van der Waals surface area (Å²) in [6.07, 6.45) is -9.84. The molecule has 1 saturated carbocycles. The molecule has 0 aromatic carbocycles. The van der Waals surface area contributed by atoms with Gasteiger partial charge in [0.2, 0.25) is 0 Å². The van der Waals surface area contributed by atoms with Crippen LogP contribution in [-0.4, -0.2) is 79.0 Å². The van der Waals surface area contributed by atoms with E-state index in [4.69, 9.17) is 35.7 Å². The van der Waals surface area contributed by atoms with Crippen LogP contribution in [-0.2, 0) is 0 Å². The fourth-order valence-corrected chi connectivity index (χ4v) is 1.21. The summed E-state index contributed by atoms with van der Waals surface area (Å²) >= 11 is 0. The SMILES string of the molecule is CCO.OC1C(O)C(O)C(O)C(O)C1O. The third-order valence-corrected chi connectivity index (χ3v) is 2.10. The normalized spacial score (nSPS) is 45.6. The Morgan fingerprint density at radius 2 is 0.667 bits per heavy atom. The zero-order chi connectivity index (χ0) is 12.2. The van der Waals surface area contributed by atoms with Gasteiger partial charge in [-0.25, -0.2) is 0 Å². The van der Waals surface area contributed by atoms with E-state index in [0.29, 0.717) is 0 Å². The Bertz CT molecular complexity index is 118. The fraction of sp³-hybridized carbons (Fsp3) is 1.00. The second-order valence-corrected chi connectivity index (χ2v) is 3.26. The van der Waals surface area contributed by atoms with Gasteiger partial charge in [-0.05, 0) is 6.92 Å². The standard InChI is InChI=1S/C6H12O6.C2H6O/c7-1-2(8)4(10)6(12)5(11)3(1)9;1-2-3/h1-12H;3H,2H2,1H3. The van der Waals surface area contributed by atoms with E-state index in [9.17, 15) is 0 Å². The van der Waals surface area contributed by atoms with Gasteiger partial charge in [-0.1, -0.05) is 0 Å². The third-order valence-electron chi connectivity index (χ3n) is 2.10. The van der Waals surface area contributed by atoms with Crippen molar-refractivity contribution in [2.24, 2.45) is 0 Å². The first-order valence-corrected chi connectivity index (χ1v) is 4.57. The molecule has 0 atom stereocenters. The Morgan fingerprint density at radius 3 is 0.733 bits per heavy atom. The molecule has 0 bridgehead atoms. The van der Waals surface area contributed by atoms with Crippen molar-refractivity contribution in [1.29, 1.82) is 0 Å². The van der Waals surface area contributed by atoms with Crippen LogP contribution in [0.5, 0.6) is 0 Å². The number of aliphatic hydroxyl groups is 7. The Kier molecular flexibility index (Phi) is 6.22. The molecule has 0 aliphatic heterocycles. The van der Waals surface area contributed by atoms with Crippen LogP contribution in [0.1, 0.15) is 6.92 Å². The molecule has 15 heavy (non-hydrogen) atoms. The van der Waals surface area contributed by atoms with Crippen LogP contribution < -0.4 is 0 Å². The first kappa shape index (κ1) is 14.7. The van der Waals surface area contributed by atoms with Gasteiger partial charge in [-0.3, -0.25) is 0 Å². The molecule has 0 aromatic rings. The molecule has 1 fully saturated rings. The lowest BCUT2D eigenvalue weighted by molar-refractivity contribution is -0.223. The van der Waals surface area contributed by atoms with Crippen molar-refractivity contribution in [1.82, 2.24) is 0 Å². The van der Waals surface area contributed by atoms with Crippen molar-refractivity contribution in [2.45, 2.75) is 43.5 Å². The molecule has 0 amide bonds. The molecule has 0 spiro atoms. The van der Waals surface area contributed by atoms with E-state index in [-0.39, 0.29) is 6.61 Å². The van der Waals surface area contributed by atoms with Crippen molar-refractivity contribution >= 4 is 0 Å². The average molecular weight is 226 g/mol. The van der Waals surface area contributed by atoms with Gasteiger partial charge in [0.15, 0.2) is 0 Å². The van der Waals surface area contributed by atoms with E-state index in [0.717, 1.165) is 0 Å². The fourth-order valence-electron chi connectivity index (χ4n) is 1.21. The number of rotatable bonds is 0. The Hall–Kier alpha value is -0.280. The number of hydrogen-bond donors (Lipinski definition) is 7. The topological polar surface area (TPSA) is 142 Å². The lowest BCUT2D eigenvalue weighted by atomic mass is 9.85. The van der Waals surface area contributed by atoms with Crippen molar-refractivity contribution < 1.29 is 35.7 Å². The predicted molar refractivity (Wildman–Crippen MR) is 48.8 cm³/mol. The van der Waals surface area contributed by atoms with Crippen molar-refractivity contribution in [2.75, 3.05) is 6.61 Å². The molecule has 1 aliphatic rings. The van der Waals surface area contributed by atoms with E-state index in [1.165, 1.54) is 0 Å². The van der Waals surface area contributed by atoms with Gasteiger partial charge < -0.3 is 35.7 Å². The predicted octanol–water partition coefficient (Wildman–Crippen LogP) is -3.84. The monoisotopic (exact) mass is 226 g/mol. The molecule has 1 aliphatic carbocycles. The first-order chi connectivity index (χ1) is 6.88. The highest BCUT2D eigenvalue weighted by Crippen LogP contribution is 2.20. The lowest BCUT2D eigenvalue weighted by Gasteiger charge is -2.39. The van der Waals surface area contributed by atoms with Crippen LogP contribution in [0.4, 0.5) is 0 Å². The first-order valence-electron chi connectivity index (χ1n) is 4.57. The molecule has 92 valence electrons. The summed E-state index contributed by atoms with van der Waals surface area (Å²) in [6.45, 7) is 1.93. The van der Waals surface area contributed by atoms with E-state index in [1.807, 2.05) is 0 Å². The van der Waals surface area contributed by atoms with Crippen LogP contribution >= 0.6 is 0 Å². The van der Waals surface area contributed by atoms with Gasteiger partial charge in [0, 0.05) is 6.61 Å². The van der Waals surface area contributed by atoms with Crippen LogP contribution in [0.15, 0.2) is 0 Å². The summed E-state index contributed by atoms with van der Waals surface area (Å²) in [4.78, 5) is 0. The van der Waals surface area contributed by atoms with Gasteiger partial charge in [0.1, 0.15) is 36.6 Å². The molecule has 0 saturated heterocycles. The molecule has 7 heteroatoms. The van der Waals surface area contributed by atoms with Crippen molar-refractivity contribution in [3.63, 3.8) is 0 Å². The van der Waals surface area contributed by atoms with Crippen molar-refractivity contribution in [3.05, 3.63) is 0 Å². The minimum Gasteiger partial charge on any atom is -0.397 e. The summed E-state index contributed by atoms with van der Waals surface area (Å²) in [5.74, 6) is 0. The van der Waals surface area contributed by atoms with E-state index in [2.05, 4.69) is 0 Å². The van der Waals surface area contributed by atoms with Crippen molar-refractivity contribution in [3.8, 4) is 0 Å². The zero-order valence-corrected chi connectivity index (χ0v) is 8.30. The molecular weight excluding hydrogens is 208 g/mol. The largest absolute Gasteiger partial charge is 0.397 e. The summed E-state index contributed by atoms with van der Waals surface area (Å²) in [7, 11) is 0.